The van der Waals surface area contributed by atoms with Gasteiger partial charge in [-0.15, -0.1) is 0 Å². The van der Waals surface area contributed by atoms with Crippen LogP contribution < -0.4 is 4.90 Å². The second-order valence-electron chi connectivity index (χ2n) is 17.8. The molecule has 0 atom stereocenters. The summed E-state index contributed by atoms with van der Waals surface area (Å²) in [6.07, 6.45) is 0. The smallest absolute Gasteiger partial charge is 0.0361 e. The fourth-order valence-corrected chi connectivity index (χ4v) is 6.97. The van der Waals surface area contributed by atoms with Crippen molar-refractivity contribution in [3.05, 3.63) is 124 Å². The highest BCUT2D eigenvalue weighted by Crippen LogP contribution is 2.51. The summed E-state index contributed by atoms with van der Waals surface area (Å²) in [6.45, 7) is 28.0. The lowest BCUT2D eigenvalue weighted by atomic mass is 9.83. The Kier molecular flexibility index (Phi) is 8.51. The number of fused-ring (bicyclic) bond motifs is 2. The summed E-state index contributed by atoms with van der Waals surface area (Å²) in [6, 6.07) is 33.4. The van der Waals surface area contributed by atoms with Gasteiger partial charge in [0.05, 0.1) is 0 Å². The minimum atomic E-state index is 0.00475. The second kappa shape index (κ2) is 11.6. The van der Waals surface area contributed by atoms with Crippen LogP contribution in [0, 0.1) is 0 Å². The van der Waals surface area contributed by atoms with E-state index in [1.807, 2.05) is 0 Å². The van der Waals surface area contributed by atoms with E-state index in [9.17, 15) is 0 Å². The van der Waals surface area contributed by atoms with Gasteiger partial charge in [0.1, 0.15) is 0 Å². The molecule has 242 valence electrons. The monoisotopic (exact) mass is 611 g/mol. The molecule has 46 heavy (non-hydrogen) atoms. The maximum atomic E-state index is 2.53. The SMILES string of the molecule is CN(C)c1ccc(C(c2cc(C(C)(C)C)c3ccc(C(C)(C)C)ccc2-3)c2cc(C(C)(C)C)c3ccc(C(C)(C)C)ccc2-3)cc1. The molecule has 0 unspecified atom stereocenters. The van der Waals surface area contributed by atoms with Crippen molar-refractivity contribution in [2.45, 2.75) is 111 Å². The van der Waals surface area contributed by atoms with E-state index in [-0.39, 0.29) is 27.6 Å². The summed E-state index contributed by atoms with van der Waals surface area (Å²) >= 11 is 0. The zero-order valence-electron chi connectivity index (χ0n) is 31.1. The maximum Gasteiger partial charge on any atom is 0.0361 e. The summed E-state index contributed by atoms with van der Waals surface area (Å²) in [5.74, 6) is 0.0781. The van der Waals surface area contributed by atoms with Crippen molar-refractivity contribution in [2.75, 3.05) is 19.0 Å². The molecule has 1 nitrogen and oxygen atoms in total. The normalized spacial score (nSPS) is 13.2. The predicted octanol–water partition coefficient (Wildman–Crippen LogP) is 12.3. The van der Waals surface area contributed by atoms with E-state index in [4.69, 9.17) is 0 Å². The highest BCUT2D eigenvalue weighted by Gasteiger charge is 2.34. The summed E-state index contributed by atoms with van der Waals surface area (Å²) in [4.78, 5) is 2.19. The predicted molar refractivity (Wildman–Crippen MR) is 203 cm³/mol. The topological polar surface area (TPSA) is 3.24 Å². The number of anilines is 1. The van der Waals surface area contributed by atoms with Crippen molar-refractivity contribution in [1.82, 2.24) is 0 Å². The van der Waals surface area contributed by atoms with Gasteiger partial charge in [-0.3, -0.25) is 0 Å². The molecule has 0 radical (unpaired) electrons. The average molecular weight is 612 g/mol. The third-order valence-electron chi connectivity index (χ3n) is 9.81. The van der Waals surface area contributed by atoms with Crippen LogP contribution in [0.1, 0.15) is 128 Å². The third kappa shape index (κ3) is 6.48. The Morgan fingerprint density at radius 3 is 1.07 bits per heavy atom. The van der Waals surface area contributed by atoms with Crippen LogP contribution in [0.3, 0.4) is 0 Å². The molecule has 4 aliphatic carbocycles. The van der Waals surface area contributed by atoms with E-state index >= 15 is 0 Å². The van der Waals surface area contributed by atoms with Crippen LogP contribution in [0.4, 0.5) is 5.69 Å². The molecule has 0 bridgehead atoms. The Labute approximate surface area is 280 Å². The molecule has 1 aromatic rings. The van der Waals surface area contributed by atoms with Crippen LogP contribution in [-0.4, -0.2) is 14.1 Å². The Bertz CT molecular complexity index is 1660. The Morgan fingerprint density at radius 2 is 0.761 bits per heavy atom. The van der Waals surface area contributed by atoms with Crippen molar-refractivity contribution in [3.63, 3.8) is 0 Å². The van der Waals surface area contributed by atoms with Gasteiger partial charge in [0.25, 0.3) is 0 Å². The summed E-state index contributed by atoms with van der Waals surface area (Å²) in [7, 11) is 4.24. The first-order chi connectivity index (χ1) is 21.2. The van der Waals surface area contributed by atoms with Crippen LogP contribution in [0.25, 0.3) is 22.3 Å². The van der Waals surface area contributed by atoms with Crippen LogP contribution >= 0.6 is 0 Å². The van der Waals surface area contributed by atoms with Gasteiger partial charge >= 0.3 is 0 Å². The zero-order chi connectivity index (χ0) is 34.0. The Balaban J connectivity index is 1.90. The molecule has 5 rings (SSSR count). The number of benzene rings is 1. The molecule has 0 aliphatic heterocycles. The number of nitrogens with zero attached hydrogens (tertiary/aromatic N) is 1. The van der Waals surface area contributed by atoms with E-state index in [0.29, 0.717) is 0 Å². The minimum Gasteiger partial charge on any atom is -0.378 e. The van der Waals surface area contributed by atoms with Gasteiger partial charge in [0, 0.05) is 25.7 Å². The fourth-order valence-electron chi connectivity index (χ4n) is 6.97. The fraction of sp³-hybridized carbons (Fsp3) is 0.422. The summed E-state index contributed by atoms with van der Waals surface area (Å²) in [5, 5.41) is 0. The molecule has 0 fully saturated rings. The minimum absolute atomic E-state index is 0.00475. The van der Waals surface area contributed by atoms with Crippen molar-refractivity contribution >= 4 is 5.69 Å². The van der Waals surface area contributed by atoms with Gasteiger partial charge in [-0.25, -0.2) is 0 Å². The molecule has 0 N–H and O–H groups in total. The van der Waals surface area contributed by atoms with E-state index in [2.05, 4.69) is 187 Å². The third-order valence-corrected chi connectivity index (χ3v) is 9.81. The first-order valence-electron chi connectivity index (χ1n) is 17.1. The van der Waals surface area contributed by atoms with Gasteiger partial charge in [-0.1, -0.05) is 156 Å². The van der Waals surface area contributed by atoms with Crippen molar-refractivity contribution < 1.29 is 0 Å². The first kappa shape index (κ1) is 33.8. The van der Waals surface area contributed by atoms with Crippen LogP contribution in [0.2, 0.25) is 0 Å². The van der Waals surface area contributed by atoms with E-state index in [0.717, 1.165) is 0 Å². The molecular weight excluding hydrogens is 555 g/mol. The first-order valence-corrected chi connectivity index (χ1v) is 17.1. The van der Waals surface area contributed by atoms with E-state index in [1.54, 1.807) is 0 Å². The number of hydrogen-bond acceptors (Lipinski definition) is 1. The average Bonchev–Trinajstić information content (AvgIpc) is 3.26. The number of rotatable bonds is 4. The van der Waals surface area contributed by atoms with Gasteiger partial charge in [-0.05, 0) is 95.0 Å². The van der Waals surface area contributed by atoms with Gasteiger partial charge < -0.3 is 4.90 Å². The molecule has 0 spiro atoms. The van der Waals surface area contributed by atoms with Gasteiger partial charge in [0.15, 0.2) is 0 Å². The lowest BCUT2D eigenvalue weighted by Crippen LogP contribution is -2.11. The largest absolute Gasteiger partial charge is 0.378 e. The highest BCUT2D eigenvalue weighted by atomic mass is 15.1. The van der Waals surface area contributed by atoms with Gasteiger partial charge in [0.2, 0.25) is 0 Å². The Hall–Kier alpha value is -3.58. The van der Waals surface area contributed by atoms with Crippen LogP contribution in [0.15, 0.2) is 84.9 Å². The molecule has 0 saturated heterocycles. The van der Waals surface area contributed by atoms with E-state index in [1.165, 1.54) is 66.9 Å². The van der Waals surface area contributed by atoms with Crippen molar-refractivity contribution in [2.24, 2.45) is 0 Å². The van der Waals surface area contributed by atoms with Gasteiger partial charge in [-0.2, -0.15) is 0 Å². The molecule has 0 saturated carbocycles. The molecule has 0 aromatic heterocycles. The summed E-state index contributed by atoms with van der Waals surface area (Å²) < 4.78 is 0. The van der Waals surface area contributed by atoms with E-state index < -0.39 is 0 Å². The van der Waals surface area contributed by atoms with Crippen LogP contribution in [0.5, 0.6) is 0 Å². The standard InChI is InChI=1S/C45H57N/c1-42(2,3)30-17-23-33-35(25-19-30)39(44(7,8)9)27-37(33)41(29-15-21-32(22-16-29)46(13)14)38-28-40(45(10,11)12)36-26-20-31(43(4,5)6)18-24-34(36)38/h15-28,41H,1-14H3. The molecular formula is C45H57N. The van der Waals surface area contributed by atoms with Crippen molar-refractivity contribution in [1.29, 1.82) is 0 Å². The molecule has 4 aliphatic rings. The second-order valence-corrected chi connectivity index (χ2v) is 17.8. The zero-order valence-corrected chi connectivity index (χ0v) is 31.1. The molecule has 0 heterocycles. The quantitative estimate of drug-likeness (QED) is 0.195. The maximum absolute atomic E-state index is 2.53. The molecule has 1 heteroatoms. The lowest BCUT2D eigenvalue weighted by molar-refractivity contribution is 0.590. The van der Waals surface area contributed by atoms with Crippen LogP contribution in [-0.2, 0) is 21.7 Å². The number of hydrogen-bond donors (Lipinski definition) is 0. The highest BCUT2D eigenvalue weighted by molar-refractivity contribution is 5.83. The summed E-state index contributed by atoms with van der Waals surface area (Å²) in [5.41, 5.74) is 16.5. The molecule has 1 aromatic carbocycles. The Morgan fingerprint density at radius 1 is 0.413 bits per heavy atom. The lowest BCUT2D eigenvalue weighted by Gasteiger charge is -2.21. The molecule has 0 amide bonds. The van der Waals surface area contributed by atoms with Crippen molar-refractivity contribution in [3.8, 4) is 22.3 Å².